The average Bonchev–Trinajstić information content (AvgIpc) is 4.04. The van der Waals surface area contributed by atoms with Gasteiger partial charge in [-0.2, -0.15) is 0 Å². The van der Waals surface area contributed by atoms with Gasteiger partial charge in [-0.3, -0.25) is 0 Å². The number of nitrogens with zero attached hydrogens (tertiary/aromatic N) is 2. The van der Waals surface area contributed by atoms with Crippen LogP contribution in [0.2, 0.25) is 0 Å². The average molecular weight is 675 g/mol. The second-order valence-electron chi connectivity index (χ2n) is 12.9. The largest absolute Gasteiger partial charge is 0.392 e. The minimum Gasteiger partial charge on any atom is -0.392 e. The molecule has 0 saturated carbocycles. The molecule has 6 nitrogen and oxygen atoms in total. The van der Waals surface area contributed by atoms with Crippen LogP contribution in [-0.2, 0) is 13.2 Å². The highest BCUT2D eigenvalue weighted by molar-refractivity contribution is 5.99. The van der Waals surface area contributed by atoms with Crippen LogP contribution in [0.25, 0.3) is 90.9 Å². The van der Waals surface area contributed by atoms with Gasteiger partial charge in [-0.1, -0.05) is 109 Å². The minimum absolute atomic E-state index is 0.0221. The molecule has 8 bridgehead atoms. The molecule has 0 radical (unpaired) electrons. The third-order valence-electron chi connectivity index (χ3n) is 9.73. The topological polar surface area (TPSA) is 97.8 Å². The van der Waals surface area contributed by atoms with E-state index >= 15 is 0 Å². The van der Waals surface area contributed by atoms with Gasteiger partial charge in [-0.05, 0) is 82.0 Å². The summed E-state index contributed by atoms with van der Waals surface area (Å²) in [6.45, 7) is -0.0442. The van der Waals surface area contributed by atoms with Crippen LogP contribution >= 0.6 is 0 Å². The summed E-state index contributed by atoms with van der Waals surface area (Å²) in [5.41, 5.74) is 16.7. The molecule has 3 aromatic heterocycles. The monoisotopic (exact) mass is 674 g/mol. The molecule has 7 aromatic rings. The molecule has 2 aliphatic heterocycles. The van der Waals surface area contributed by atoms with E-state index in [0.29, 0.717) is 0 Å². The van der Waals surface area contributed by atoms with Crippen molar-refractivity contribution in [1.82, 2.24) is 19.9 Å². The number of H-pyrrole nitrogens is 2. The van der Waals surface area contributed by atoms with Gasteiger partial charge in [0.05, 0.1) is 36.0 Å². The Labute approximate surface area is 300 Å². The number of benzene rings is 4. The molecule has 0 fully saturated rings. The van der Waals surface area contributed by atoms with E-state index in [2.05, 4.69) is 82.8 Å². The highest BCUT2D eigenvalue weighted by Crippen LogP contribution is 2.38. The quantitative estimate of drug-likeness (QED) is 0.141. The van der Waals surface area contributed by atoms with Crippen molar-refractivity contribution in [3.05, 3.63) is 167 Å². The van der Waals surface area contributed by atoms with Gasteiger partial charge in [-0.15, -0.1) is 0 Å². The van der Waals surface area contributed by atoms with Gasteiger partial charge < -0.3 is 20.2 Å². The maximum absolute atomic E-state index is 9.80. The molecule has 52 heavy (non-hydrogen) atoms. The van der Waals surface area contributed by atoms with E-state index in [1.54, 1.807) is 0 Å². The molecule has 0 amide bonds. The SMILES string of the molecule is OCc1ccc(-c2c3nc(c(-c4ccccc4)c4ccc([nH]4)c(-c4ccc(CO)cc4)c4nc(c(-c5ccccc5)c5ccc2[nH]5)C=C4)C=C3)cc1. The normalized spacial score (nSPS) is 12.0. The lowest BCUT2D eigenvalue weighted by atomic mass is 10.0. The molecule has 5 heterocycles. The van der Waals surface area contributed by atoms with Gasteiger partial charge in [0.25, 0.3) is 0 Å². The summed E-state index contributed by atoms with van der Waals surface area (Å²) < 4.78 is 0. The molecule has 6 heteroatoms. The van der Waals surface area contributed by atoms with Crippen molar-refractivity contribution in [3.8, 4) is 44.5 Å². The number of aromatic amines is 2. The zero-order valence-electron chi connectivity index (χ0n) is 28.2. The summed E-state index contributed by atoms with van der Waals surface area (Å²) in [6, 6.07) is 45.2. The summed E-state index contributed by atoms with van der Waals surface area (Å²) in [7, 11) is 0. The smallest absolute Gasteiger partial charge is 0.0737 e. The van der Waals surface area contributed by atoms with E-state index in [9.17, 15) is 10.2 Å². The molecule has 0 spiro atoms. The van der Waals surface area contributed by atoms with Crippen LogP contribution in [0.5, 0.6) is 0 Å². The first-order valence-corrected chi connectivity index (χ1v) is 17.3. The number of hydrogen-bond donors (Lipinski definition) is 4. The molecule has 4 N–H and O–H groups in total. The van der Waals surface area contributed by atoms with E-state index in [0.717, 1.165) is 100 Å². The van der Waals surface area contributed by atoms with Crippen LogP contribution in [0, 0.1) is 0 Å². The predicted octanol–water partition coefficient (Wildman–Crippen LogP) is 10.3. The maximum Gasteiger partial charge on any atom is 0.0737 e. The standard InChI is InChI=1S/C46H34N4O2/c51-27-29-11-15-33(16-12-29)45-39-23-19-35(47-39)43(31-7-3-1-4-8-31)36-20-24-40(48-36)46(34-17-13-30(28-52)14-18-34)42-26-22-38(50-42)44(32-9-5-2-6-10-32)37-21-25-41(45)49-37/h1-26,47,50-52H,27-28H2. The van der Waals surface area contributed by atoms with Gasteiger partial charge in [0.15, 0.2) is 0 Å². The van der Waals surface area contributed by atoms with Crippen LogP contribution in [0.15, 0.2) is 133 Å². The Morgan fingerprint density at radius 3 is 0.923 bits per heavy atom. The molecule has 0 atom stereocenters. The van der Waals surface area contributed by atoms with Gasteiger partial charge in [0.1, 0.15) is 0 Å². The first kappa shape index (κ1) is 31.4. The summed E-state index contributed by atoms with van der Waals surface area (Å²) in [5, 5.41) is 19.6. The fourth-order valence-electron chi connectivity index (χ4n) is 7.18. The maximum atomic E-state index is 9.80. The van der Waals surface area contributed by atoms with E-state index in [4.69, 9.17) is 9.97 Å². The van der Waals surface area contributed by atoms with Gasteiger partial charge in [0.2, 0.25) is 0 Å². The van der Waals surface area contributed by atoms with Gasteiger partial charge in [0, 0.05) is 44.3 Å². The van der Waals surface area contributed by atoms with E-state index in [-0.39, 0.29) is 13.2 Å². The minimum atomic E-state index is -0.0221. The Bertz CT molecular complexity index is 2480. The van der Waals surface area contributed by atoms with Crippen molar-refractivity contribution < 1.29 is 10.2 Å². The molecule has 0 unspecified atom stereocenters. The number of rotatable bonds is 6. The summed E-state index contributed by atoms with van der Waals surface area (Å²) in [6.07, 6.45) is 8.35. The molecule has 4 aromatic carbocycles. The van der Waals surface area contributed by atoms with Crippen molar-refractivity contribution >= 4 is 46.4 Å². The number of nitrogens with one attached hydrogen (secondary N) is 2. The van der Waals surface area contributed by atoms with E-state index in [1.807, 2.05) is 84.9 Å². The first-order chi connectivity index (χ1) is 25.7. The highest BCUT2D eigenvalue weighted by Gasteiger charge is 2.19. The van der Waals surface area contributed by atoms with Crippen LogP contribution in [0.1, 0.15) is 33.9 Å². The summed E-state index contributed by atoms with van der Waals surface area (Å²) in [4.78, 5) is 18.2. The Hall–Kier alpha value is -6.60. The lowest BCUT2D eigenvalue weighted by molar-refractivity contribution is 0.281. The predicted molar refractivity (Wildman–Crippen MR) is 212 cm³/mol. The number of fused-ring (bicyclic) bond motifs is 8. The van der Waals surface area contributed by atoms with E-state index < -0.39 is 0 Å². The lowest BCUT2D eigenvalue weighted by Crippen LogP contribution is -1.90. The third kappa shape index (κ3) is 5.66. The fourth-order valence-corrected chi connectivity index (χ4v) is 7.18. The molecular formula is C46H34N4O2. The molecule has 250 valence electrons. The van der Waals surface area contributed by atoms with Crippen molar-refractivity contribution in [1.29, 1.82) is 0 Å². The zero-order valence-corrected chi connectivity index (χ0v) is 28.2. The third-order valence-corrected chi connectivity index (χ3v) is 9.73. The Morgan fingerprint density at radius 2 is 0.635 bits per heavy atom. The van der Waals surface area contributed by atoms with Crippen molar-refractivity contribution in [2.24, 2.45) is 0 Å². The van der Waals surface area contributed by atoms with Crippen LogP contribution < -0.4 is 0 Å². The Kier molecular flexibility index (Phi) is 8.01. The lowest BCUT2D eigenvalue weighted by Gasteiger charge is -2.07. The number of aliphatic hydroxyl groups is 2. The molecule has 0 saturated heterocycles. The molecule has 0 aliphatic carbocycles. The fraction of sp³-hybridized carbons (Fsp3) is 0.0435. The van der Waals surface area contributed by atoms with Crippen LogP contribution in [0.4, 0.5) is 0 Å². The highest BCUT2D eigenvalue weighted by atomic mass is 16.3. The summed E-state index contributed by atoms with van der Waals surface area (Å²) in [5.74, 6) is 0. The first-order valence-electron chi connectivity index (χ1n) is 17.3. The van der Waals surface area contributed by atoms with E-state index in [1.165, 1.54) is 0 Å². The number of aliphatic hydroxyl groups excluding tert-OH is 2. The van der Waals surface area contributed by atoms with Gasteiger partial charge >= 0.3 is 0 Å². The molecule has 2 aliphatic rings. The second kappa shape index (κ2) is 13.3. The Morgan fingerprint density at radius 1 is 0.346 bits per heavy atom. The number of hydrogen-bond acceptors (Lipinski definition) is 4. The second-order valence-corrected chi connectivity index (χ2v) is 12.9. The van der Waals surface area contributed by atoms with Crippen LogP contribution in [0.3, 0.4) is 0 Å². The molecular weight excluding hydrogens is 641 g/mol. The summed E-state index contributed by atoms with van der Waals surface area (Å²) >= 11 is 0. The number of aromatic nitrogens is 4. The molecule has 9 rings (SSSR count). The van der Waals surface area contributed by atoms with Crippen molar-refractivity contribution in [2.75, 3.05) is 0 Å². The van der Waals surface area contributed by atoms with Crippen molar-refractivity contribution in [2.45, 2.75) is 13.2 Å². The van der Waals surface area contributed by atoms with Crippen molar-refractivity contribution in [3.63, 3.8) is 0 Å². The van der Waals surface area contributed by atoms with Crippen LogP contribution in [-0.4, -0.2) is 30.1 Å². The zero-order chi connectivity index (χ0) is 35.0. The van der Waals surface area contributed by atoms with Gasteiger partial charge in [-0.25, -0.2) is 9.97 Å². The Balaban J connectivity index is 1.45.